The summed E-state index contributed by atoms with van der Waals surface area (Å²) in [7, 11) is 0. The molecule has 4 rings (SSSR count). The van der Waals surface area contributed by atoms with Crippen LogP contribution in [0.5, 0.6) is 0 Å². The molecule has 0 unspecified atom stereocenters. The van der Waals surface area contributed by atoms with Crippen molar-refractivity contribution in [1.29, 1.82) is 0 Å². The Morgan fingerprint density at radius 2 is 2.22 bits per heavy atom. The van der Waals surface area contributed by atoms with E-state index in [-0.39, 0.29) is 6.04 Å². The van der Waals surface area contributed by atoms with E-state index < -0.39 is 0 Å². The lowest BCUT2D eigenvalue weighted by Gasteiger charge is -2.34. The van der Waals surface area contributed by atoms with E-state index in [1.54, 1.807) is 11.3 Å². The highest BCUT2D eigenvalue weighted by atomic mass is 32.1. The Labute approximate surface area is 138 Å². The van der Waals surface area contributed by atoms with Gasteiger partial charge in [0.1, 0.15) is 0 Å². The Balaban J connectivity index is 1.41. The third-order valence-corrected chi connectivity index (χ3v) is 5.46. The van der Waals surface area contributed by atoms with Crippen molar-refractivity contribution in [2.45, 2.75) is 31.7 Å². The molecule has 3 aromatic rings. The number of likely N-dealkylation sites (tertiary alicyclic amines) is 1. The maximum Gasteiger partial charge on any atom is 0.257 e. The van der Waals surface area contributed by atoms with E-state index >= 15 is 0 Å². The van der Waals surface area contributed by atoms with Crippen molar-refractivity contribution in [3.05, 3.63) is 41.4 Å². The van der Waals surface area contributed by atoms with Crippen LogP contribution in [0.1, 0.15) is 43.2 Å². The Kier molecular flexibility index (Phi) is 3.97. The maximum atomic E-state index is 5.87. The van der Waals surface area contributed by atoms with Crippen LogP contribution in [0.3, 0.4) is 0 Å². The van der Waals surface area contributed by atoms with Crippen molar-refractivity contribution in [3.63, 3.8) is 0 Å². The molecule has 0 saturated carbocycles. The Morgan fingerprint density at radius 1 is 1.35 bits per heavy atom. The molecule has 0 aliphatic carbocycles. The third-order valence-electron chi connectivity index (χ3n) is 4.60. The highest BCUT2D eigenvalue weighted by molar-refractivity contribution is 7.13. The number of H-pyrrole nitrogens is 1. The van der Waals surface area contributed by atoms with Gasteiger partial charge in [-0.3, -0.25) is 10.00 Å². The van der Waals surface area contributed by atoms with Gasteiger partial charge < -0.3 is 4.42 Å². The number of rotatable bonds is 4. The van der Waals surface area contributed by atoms with Crippen molar-refractivity contribution < 1.29 is 4.42 Å². The Morgan fingerprint density at radius 3 is 2.91 bits per heavy atom. The summed E-state index contributed by atoms with van der Waals surface area (Å²) in [6.07, 6.45) is 6.22. The second-order valence-electron chi connectivity index (χ2n) is 5.94. The van der Waals surface area contributed by atoms with Crippen LogP contribution >= 0.6 is 11.3 Å². The Hall–Kier alpha value is -1.99. The lowest BCUT2D eigenvalue weighted by molar-refractivity contribution is 0.143. The first-order chi connectivity index (χ1) is 11.3. The van der Waals surface area contributed by atoms with Crippen LogP contribution in [-0.4, -0.2) is 38.4 Å². The van der Waals surface area contributed by atoms with Gasteiger partial charge >= 0.3 is 0 Å². The number of hydrogen-bond donors (Lipinski definition) is 1. The van der Waals surface area contributed by atoms with Crippen LogP contribution < -0.4 is 0 Å². The van der Waals surface area contributed by atoms with E-state index in [9.17, 15) is 0 Å². The number of thiophene rings is 1. The van der Waals surface area contributed by atoms with Gasteiger partial charge in [-0.1, -0.05) is 6.07 Å². The molecule has 0 amide bonds. The summed E-state index contributed by atoms with van der Waals surface area (Å²) in [5.74, 6) is 1.92. The van der Waals surface area contributed by atoms with Gasteiger partial charge in [0.15, 0.2) is 0 Å². The second-order valence-corrected chi connectivity index (χ2v) is 6.89. The van der Waals surface area contributed by atoms with E-state index in [0.717, 1.165) is 30.8 Å². The van der Waals surface area contributed by atoms with E-state index in [2.05, 4.69) is 32.2 Å². The topological polar surface area (TPSA) is 70.8 Å². The van der Waals surface area contributed by atoms with Crippen molar-refractivity contribution in [3.8, 4) is 10.8 Å². The lowest BCUT2D eigenvalue weighted by atomic mass is 9.91. The second kappa shape index (κ2) is 6.25. The minimum absolute atomic E-state index is 0.154. The SMILES string of the molecule is C[C@H](c1nnc(-c2cccs2)o1)N1CCC(c2cn[nH]c2)CC1. The first-order valence-corrected chi connectivity index (χ1v) is 8.79. The largest absolute Gasteiger partial charge is 0.418 e. The first kappa shape index (κ1) is 14.6. The van der Waals surface area contributed by atoms with Crippen molar-refractivity contribution in [2.75, 3.05) is 13.1 Å². The molecule has 0 bridgehead atoms. The summed E-state index contributed by atoms with van der Waals surface area (Å²) in [6, 6.07) is 4.15. The number of nitrogens with one attached hydrogen (secondary N) is 1. The molecule has 1 fully saturated rings. The minimum atomic E-state index is 0.154. The lowest BCUT2D eigenvalue weighted by Crippen LogP contribution is -2.35. The fraction of sp³-hybridized carbons (Fsp3) is 0.438. The van der Waals surface area contributed by atoms with E-state index in [0.29, 0.717) is 17.7 Å². The molecule has 120 valence electrons. The van der Waals surface area contributed by atoms with Gasteiger partial charge in [-0.15, -0.1) is 21.5 Å². The quantitative estimate of drug-likeness (QED) is 0.793. The minimum Gasteiger partial charge on any atom is -0.418 e. The smallest absolute Gasteiger partial charge is 0.257 e. The molecular weight excluding hydrogens is 310 g/mol. The Bertz CT molecular complexity index is 728. The van der Waals surface area contributed by atoms with Gasteiger partial charge in [0, 0.05) is 6.20 Å². The van der Waals surface area contributed by atoms with Crippen molar-refractivity contribution >= 4 is 11.3 Å². The van der Waals surface area contributed by atoms with Gasteiger partial charge in [-0.05, 0) is 55.8 Å². The summed E-state index contributed by atoms with van der Waals surface area (Å²) >= 11 is 1.62. The molecule has 0 radical (unpaired) electrons. The predicted octanol–water partition coefficient (Wildman–Crippen LogP) is 3.46. The molecule has 4 heterocycles. The number of nitrogens with zero attached hydrogens (tertiary/aromatic N) is 4. The van der Waals surface area contributed by atoms with Crippen LogP contribution in [0, 0.1) is 0 Å². The average Bonchev–Trinajstić information content (AvgIpc) is 3.36. The molecule has 0 aromatic carbocycles. The van der Waals surface area contributed by atoms with Crippen LogP contribution in [0.2, 0.25) is 0 Å². The predicted molar refractivity (Wildman–Crippen MR) is 88.2 cm³/mol. The maximum absolute atomic E-state index is 5.87. The standard InChI is InChI=1S/C16H19N5OS/c1-11(15-19-20-16(22-15)14-3-2-8-23-14)21-6-4-12(5-7-21)13-9-17-18-10-13/h2-3,8-12H,4-7H2,1H3,(H,17,18)/t11-/m1/s1. The number of aromatic amines is 1. The zero-order chi connectivity index (χ0) is 15.6. The highest BCUT2D eigenvalue weighted by Gasteiger charge is 2.27. The van der Waals surface area contributed by atoms with Crippen molar-refractivity contribution in [2.24, 2.45) is 0 Å². The fourth-order valence-electron chi connectivity index (χ4n) is 3.16. The van der Waals surface area contributed by atoms with Gasteiger partial charge in [0.25, 0.3) is 5.89 Å². The zero-order valence-electron chi connectivity index (χ0n) is 13.0. The molecule has 1 aliphatic heterocycles. The molecule has 1 aliphatic rings. The number of aromatic nitrogens is 4. The monoisotopic (exact) mass is 329 g/mol. The van der Waals surface area contributed by atoms with Crippen molar-refractivity contribution in [1.82, 2.24) is 25.3 Å². The van der Waals surface area contributed by atoms with Gasteiger partial charge in [-0.25, -0.2) is 0 Å². The van der Waals surface area contributed by atoms with E-state index in [1.807, 2.05) is 29.9 Å². The molecule has 1 atom stereocenters. The summed E-state index contributed by atoms with van der Waals surface area (Å²) < 4.78 is 5.87. The molecule has 23 heavy (non-hydrogen) atoms. The molecule has 1 saturated heterocycles. The molecule has 6 nitrogen and oxygen atoms in total. The zero-order valence-corrected chi connectivity index (χ0v) is 13.8. The van der Waals surface area contributed by atoms with Gasteiger partial charge in [-0.2, -0.15) is 5.10 Å². The third kappa shape index (κ3) is 2.94. The molecular formula is C16H19N5OS. The summed E-state index contributed by atoms with van der Waals surface area (Å²) in [5, 5.41) is 17.4. The van der Waals surface area contributed by atoms with Crippen LogP contribution in [0.15, 0.2) is 34.3 Å². The average molecular weight is 329 g/mol. The van der Waals surface area contributed by atoms with Gasteiger partial charge in [0.05, 0.1) is 17.1 Å². The number of hydrogen-bond acceptors (Lipinski definition) is 6. The summed E-state index contributed by atoms with van der Waals surface area (Å²) in [6.45, 7) is 4.21. The molecule has 1 N–H and O–H groups in total. The van der Waals surface area contributed by atoms with Crippen LogP contribution in [0.25, 0.3) is 10.8 Å². The van der Waals surface area contributed by atoms with Crippen LogP contribution in [0.4, 0.5) is 0 Å². The molecule has 7 heteroatoms. The van der Waals surface area contributed by atoms with Crippen LogP contribution in [-0.2, 0) is 0 Å². The summed E-state index contributed by atoms with van der Waals surface area (Å²) in [4.78, 5) is 3.44. The molecule has 3 aromatic heterocycles. The van der Waals surface area contributed by atoms with Gasteiger partial charge in [0.2, 0.25) is 5.89 Å². The normalized spacial score (nSPS) is 18.3. The first-order valence-electron chi connectivity index (χ1n) is 7.91. The highest BCUT2D eigenvalue weighted by Crippen LogP contribution is 2.32. The van der Waals surface area contributed by atoms with E-state index in [4.69, 9.17) is 4.42 Å². The number of piperidine rings is 1. The van der Waals surface area contributed by atoms with E-state index in [1.165, 1.54) is 5.56 Å². The summed E-state index contributed by atoms with van der Waals surface area (Å²) in [5.41, 5.74) is 1.31. The molecule has 0 spiro atoms. The fourth-order valence-corrected chi connectivity index (χ4v) is 3.81.